The average molecular weight is 314 g/mol. The van der Waals surface area contributed by atoms with Crippen molar-refractivity contribution in [3.05, 3.63) is 47.8 Å². The molecule has 2 atom stereocenters. The number of aryl methyl sites for hydroxylation is 1. The highest BCUT2D eigenvalue weighted by atomic mass is 16.4. The molecule has 1 aliphatic carbocycles. The fourth-order valence-corrected chi connectivity index (χ4v) is 3.06. The molecular weight excluding hydrogens is 296 g/mol. The summed E-state index contributed by atoms with van der Waals surface area (Å²) in [7, 11) is 0. The molecule has 120 valence electrons. The first-order valence-corrected chi connectivity index (χ1v) is 7.54. The normalized spacial score (nSPS) is 20.4. The lowest BCUT2D eigenvalue weighted by Crippen LogP contribution is -2.38. The monoisotopic (exact) mass is 314 g/mol. The van der Waals surface area contributed by atoms with Crippen LogP contribution >= 0.6 is 0 Å². The second-order valence-corrected chi connectivity index (χ2v) is 5.75. The number of aromatic nitrogens is 3. The van der Waals surface area contributed by atoms with E-state index < -0.39 is 5.97 Å². The minimum Gasteiger partial charge on any atom is -0.478 e. The third-order valence-corrected chi connectivity index (χ3v) is 4.28. The number of rotatable bonds is 4. The number of carbonyl (C=O) groups excluding carboxylic acids is 1. The number of hydrogen-bond acceptors (Lipinski definition) is 4. The Labute approximate surface area is 133 Å². The molecule has 0 aromatic carbocycles. The van der Waals surface area contributed by atoms with Gasteiger partial charge in [0.05, 0.1) is 29.2 Å². The topological polar surface area (TPSA) is 97.1 Å². The molecule has 23 heavy (non-hydrogen) atoms. The van der Waals surface area contributed by atoms with Crippen molar-refractivity contribution in [3.8, 4) is 0 Å². The van der Waals surface area contributed by atoms with E-state index in [2.05, 4.69) is 15.3 Å². The number of carboxylic acid groups (broad SMARTS) is 1. The standard InChI is InChI=1S/C16H18N4O3/c1-10-12(7-11(8-18-10)16(22)23)15(21)19-13-3-2-4-14(13)20-6-5-17-9-20/h5-9,13-14H,2-4H2,1H3,(H,19,21)(H,22,23)/t13-,14+/m1/s1. The molecular formula is C16H18N4O3. The number of nitrogens with one attached hydrogen (secondary N) is 1. The molecule has 2 N–H and O–H groups in total. The number of aromatic carboxylic acids is 1. The summed E-state index contributed by atoms with van der Waals surface area (Å²) in [6.45, 7) is 1.70. The van der Waals surface area contributed by atoms with Crippen LogP contribution in [0.25, 0.3) is 0 Å². The minimum atomic E-state index is -1.09. The van der Waals surface area contributed by atoms with Crippen LogP contribution in [-0.2, 0) is 0 Å². The van der Waals surface area contributed by atoms with Crippen molar-refractivity contribution in [2.24, 2.45) is 0 Å². The van der Waals surface area contributed by atoms with Crippen molar-refractivity contribution < 1.29 is 14.7 Å². The number of carboxylic acids is 1. The molecule has 2 heterocycles. The minimum absolute atomic E-state index is 0.00424. The fourth-order valence-electron chi connectivity index (χ4n) is 3.06. The average Bonchev–Trinajstić information content (AvgIpc) is 3.17. The molecule has 2 aromatic rings. The molecule has 2 aromatic heterocycles. The summed E-state index contributed by atoms with van der Waals surface area (Å²) < 4.78 is 2.01. The number of nitrogens with zero attached hydrogens (tertiary/aromatic N) is 3. The van der Waals surface area contributed by atoms with Crippen LogP contribution in [0.5, 0.6) is 0 Å². The van der Waals surface area contributed by atoms with Crippen LogP contribution in [0, 0.1) is 6.92 Å². The van der Waals surface area contributed by atoms with E-state index >= 15 is 0 Å². The van der Waals surface area contributed by atoms with Gasteiger partial charge in [-0.25, -0.2) is 9.78 Å². The van der Waals surface area contributed by atoms with Crippen LogP contribution in [0.2, 0.25) is 0 Å². The Hall–Kier alpha value is -2.70. The summed E-state index contributed by atoms with van der Waals surface area (Å²) in [5, 5.41) is 12.1. The van der Waals surface area contributed by atoms with E-state index in [-0.39, 0.29) is 23.6 Å². The maximum atomic E-state index is 12.5. The van der Waals surface area contributed by atoms with Gasteiger partial charge in [-0.15, -0.1) is 0 Å². The Morgan fingerprint density at radius 1 is 1.39 bits per heavy atom. The zero-order chi connectivity index (χ0) is 16.4. The van der Waals surface area contributed by atoms with E-state index in [9.17, 15) is 9.59 Å². The van der Waals surface area contributed by atoms with E-state index in [1.54, 1.807) is 19.4 Å². The van der Waals surface area contributed by atoms with E-state index in [4.69, 9.17) is 5.11 Å². The van der Waals surface area contributed by atoms with Crippen LogP contribution in [-0.4, -0.2) is 37.6 Å². The highest BCUT2D eigenvalue weighted by molar-refractivity contribution is 5.98. The Morgan fingerprint density at radius 3 is 2.91 bits per heavy atom. The first-order chi connectivity index (χ1) is 11.1. The van der Waals surface area contributed by atoms with Crippen LogP contribution in [0.3, 0.4) is 0 Å². The Bertz CT molecular complexity index is 727. The fraction of sp³-hybridized carbons (Fsp3) is 0.375. The van der Waals surface area contributed by atoms with E-state index in [0.717, 1.165) is 19.3 Å². The zero-order valence-corrected chi connectivity index (χ0v) is 12.8. The van der Waals surface area contributed by atoms with E-state index in [1.807, 2.05) is 10.8 Å². The van der Waals surface area contributed by atoms with Crippen LogP contribution in [0.15, 0.2) is 31.0 Å². The van der Waals surface area contributed by atoms with Crippen LogP contribution in [0.1, 0.15) is 51.7 Å². The summed E-state index contributed by atoms with van der Waals surface area (Å²) in [4.78, 5) is 31.7. The maximum absolute atomic E-state index is 12.5. The first kappa shape index (κ1) is 15.2. The summed E-state index contributed by atoms with van der Waals surface area (Å²) >= 11 is 0. The molecule has 1 fully saturated rings. The molecule has 0 bridgehead atoms. The SMILES string of the molecule is Cc1ncc(C(=O)O)cc1C(=O)N[C@@H]1CCC[C@@H]1n1ccnc1. The van der Waals surface area contributed by atoms with Gasteiger partial charge in [0.2, 0.25) is 0 Å². The molecule has 7 nitrogen and oxygen atoms in total. The second-order valence-electron chi connectivity index (χ2n) is 5.75. The van der Waals surface area contributed by atoms with E-state index in [1.165, 1.54) is 12.3 Å². The predicted octanol–water partition coefficient (Wildman–Crippen LogP) is 1.81. The Balaban J connectivity index is 1.79. The number of imidazole rings is 1. The zero-order valence-electron chi connectivity index (χ0n) is 12.8. The molecule has 0 unspecified atom stereocenters. The lowest BCUT2D eigenvalue weighted by Gasteiger charge is -2.22. The van der Waals surface area contributed by atoms with Crippen molar-refractivity contribution in [2.45, 2.75) is 38.3 Å². The molecule has 1 saturated carbocycles. The van der Waals surface area contributed by atoms with Gasteiger partial charge >= 0.3 is 5.97 Å². The lowest BCUT2D eigenvalue weighted by molar-refractivity contribution is 0.0696. The van der Waals surface area contributed by atoms with Gasteiger partial charge in [-0.3, -0.25) is 9.78 Å². The van der Waals surface area contributed by atoms with Crippen molar-refractivity contribution >= 4 is 11.9 Å². The van der Waals surface area contributed by atoms with Crippen molar-refractivity contribution in [2.75, 3.05) is 0 Å². The van der Waals surface area contributed by atoms with E-state index in [0.29, 0.717) is 11.3 Å². The van der Waals surface area contributed by atoms with Gasteiger partial charge in [0.15, 0.2) is 0 Å². The third kappa shape index (κ3) is 3.08. The highest BCUT2D eigenvalue weighted by Crippen LogP contribution is 2.30. The summed E-state index contributed by atoms with van der Waals surface area (Å²) in [6, 6.07) is 1.56. The summed E-state index contributed by atoms with van der Waals surface area (Å²) in [6.07, 6.45) is 9.54. The van der Waals surface area contributed by atoms with Crippen LogP contribution in [0.4, 0.5) is 0 Å². The molecule has 3 rings (SSSR count). The van der Waals surface area contributed by atoms with Gasteiger partial charge in [0.1, 0.15) is 0 Å². The summed E-state index contributed by atoms with van der Waals surface area (Å²) in [5.41, 5.74) is 0.837. The second kappa shape index (κ2) is 6.20. The largest absolute Gasteiger partial charge is 0.478 e. The Kier molecular flexibility index (Phi) is 4.10. The third-order valence-electron chi connectivity index (χ3n) is 4.28. The predicted molar refractivity (Wildman–Crippen MR) is 82.3 cm³/mol. The number of pyridine rings is 1. The number of carbonyl (C=O) groups is 2. The Morgan fingerprint density at radius 2 is 2.22 bits per heavy atom. The van der Waals surface area contributed by atoms with Crippen molar-refractivity contribution in [1.29, 1.82) is 0 Å². The van der Waals surface area contributed by atoms with Gasteiger partial charge in [-0.1, -0.05) is 0 Å². The molecule has 0 saturated heterocycles. The molecule has 7 heteroatoms. The number of hydrogen-bond donors (Lipinski definition) is 2. The maximum Gasteiger partial charge on any atom is 0.337 e. The molecule has 1 amide bonds. The van der Waals surface area contributed by atoms with Gasteiger partial charge in [0, 0.05) is 24.6 Å². The molecule has 0 radical (unpaired) electrons. The molecule has 0 aliphatic heterocycles. The number of amides is 1. The molecule has 0 spiro atoms. The molecule has 1 aliphatic rings. The quantitative estimate of drug-likeness (QED) is 0.897. The van der Waals surface area contributed by atoms with Gasteiger partial charge in [0.25, 0.3) is 5.91 Å². The van der Waals surface area contributed by atoms with Crippen LogP contribution < -0.4 is 5.32 Å². The van der Waals surface area contributed by atoms with Crippen molar-refractivity contribution in [3.63, 3.8) is 0 Å². The van der Waals surface area contributed by atoms with Gasteiger partial charge in [-0.2, -0.15) is 0 Å². The first-order valence-electron chi connectivity index (χ1n) is 7.54. The summed E-state index contributed by atoms with van der Waals surface area (Å²) in [5.74, 6) is -1.38. The van der Waals surface area contributed by atoms with Crippen molar-refractivity contribution in [1.82, 2.24) is 19.9 Å². The lowest BCUT2D eigenvalue weighted by atomic mass is 10.1. The van der Waals surface area contributed by atoms with Gasteiger partial charge in [-0.05, 0) is 32.3 Å². The van der Waals surface area contributed by atoms with Gasteiger partial charge < -0.3 is 15.0 Å². The smallest absolute Gasteiger partial charge is 0.337 e. The highest BCUT2D eigenvalue weighted by Gasteiger charge is 2.30.